The van der Waals surface area contributed by atoms with E-state index >= 15 is 0 Å². The molecule has 0 radical (unpaired) electrons. The molecule has 1 aliphatic rings. The van der Waals surface area contributed by atoms with Crippen molar-refractivity contribution in [3.8, 4) is 22.8 Å². The second-order valence-electron chi connectivity index (χ2n) is 8.18. The van der Waals surface area contributed by atoms with Crippen LogP contribution in [0.1, 0.15) is 22.9 Å². The number of hydrogen-bond donors (Lipinski definition) is 2. The summed E-state index contributed by atoms with van der Waals surface area (Å²) in [7, 11) is 3.12. The minimum absolute atomic E-state index is 0.230. The first-order valence-electron chi connectivity index (χ1n) is 10.3. The zero-order chi connectivity index (χ0) is 22.7. The summed E-state index contributed by atoms with van der Waals surface area (Å²) in [5, 5.41) is 20.3. The molecule has 0 spiro atoms. The third-order valence-electron chi connectivity index (χ3n) is 6.18. The third-order valence-corrected chi connectivity index (χ3v) is 6.18. The van der Waals surface area contributed by atoms with Crippen LogP contribution >= 0.6 is 0 Å². The summed E-state index contributed by atoms with van der Waals surface area (Å²) in [6.45, 7) is 2.89. The van der Waals surface area contributed by atoms with E-state index in [1.54, 1.807) is 13.1 Å². The standard InChI is InChI=1S/C24H23N3O5/c1-13-4-6-14(7-5-13)19-18-20(25(2)24(31)26(3)23(18)30)21-22(32-11-10-27(19)21)15-8-9-16(28)17(29)12-15/h4-9,12,22,28-29H,10-11H2,1-3H3/t22-/m1/s1. The van der Waals surface area contributed by atoms with Crippen molar-refractivity contribution in [2.24, 2.45) is 14.1 Å². The fourth-order valence-electron chi connectivity index (χ4n) is 4.55. The molecule has 0 unspecified atom stereocenters. The highest BCUT2D eigenvalue weighted by Gasteiger charge is 2.33. The molecule has 0 amide bonds. The van der Waals surface area contributed by atoms with Gasteiger partial charge in [0.2, 0.25) is 0 Å². The zero-order valence-corrected chi connectivity index (χ0v) is 18.0. The van der Waals surface area contributed by atoms with E-state index in [1.165, 1.54) is 23.7 Å². The Morgan fingerprint density at radius 1 is 0.969 bits per heavy atom. The summed E-state index contributed by atoms with van der Waals surface area (Å²) in [4.78, 5) is 26.2. The quantitative estimate of drug-likeness (QED) is 0.474. The number of aromatic nitrogens is 3. The molecule has 164 valence electrons. The first kappa shape index (κ1) is 20.1. The normalized spacial score (nSPS) is 15.8. The second-order valence-corrected chi connectivity index (χ2v) is 8.18. The van der Waals surface area contributed by atoms with Crippen LogP contribution in [0.2, 0.25) is 0 Å². The summed E-state index contributed by atoms with van der Waals surface area (Å²) < 4.78 is 10.7. The maximum Gasteiger partial charge on any atom is 0.331 e. The molecule has 1 aliphatic heterocycles. The summed E-state index contributed by atoms with van der Waals surface area (Å²) in [6, 6.07) is 12.4. The molecule has 5 rings (SSSR count). The smallest absolute Gasteiger partial charge is 0.331 e. The number of ether oxygens (including phenoxy) is 1. The highest BCUT2D eigenvalue weighted by atomic mass is 16.5. The van der Waals surface area contributed by atoms with Crippen LogP contribution < -0.4 is 11.2 Å². The van der Waals surface area contributed by atoms with Crippen LogP contribution in [0, 0.1) is 6.92 Å². The van der Waals surface area contributed by atoms with Crippen molar-refractivity contribution in [3.63, 3.8) is 0 Å². The van der Waals surface area contributed by atoms with Crippen molar-refractivity contribution >= 4 is 10.9 Å². The number of aryl methyl sites for hydroxylation is 2. The SMILES string of the molecule is Cc1ccc(-c2c3c(=O)n(C)c(=O)n(C)c3c3n2CCO[C@@H]3c2ccc(O)c(O)c2)cc1. The van der Waals surface area contributed by atoms with Crippen LogP contribution in [-0.2, 0) is 25.4 Å². The van der Waals surface area contributed by atoms with Gasteiger partial charge in [-0.2, -0.15) is 0 Å². The van der Waals surface area contributed by atoms with Crippen LogP contribution in [0.4, 0.5) is 0 Å². The Labute approximate surface area is 183 Å². The van der Waals surface area contributed by atoms with Gasteiger partial charge in [-0.3, -0.25) is 13.9 Å². The number of fused-ring (bicyclic) bond motifs is 3. The van der Waals surface area contributed by atoms with Gasteiger partial charge in [-0.1, -0.05) is 35.9 Å². The number of aromatic hydroxyl groups is 2. The number of rotatable bonds is 2. The number of phenolic OH excluding ortho intramolecular Hbond substituents is 2. The first-order valence-corrected chi connectivity index (χ1v) is 10.3. The minimum Gasteiger partial charge on any atom is -0.504 e. The van der Waals surface area contributed by atoms with Gasteiger partial charge in [0.05, 0.1) is 28.9 Å². The zero-order valence-electron chi connectivity index (χ0n) is 18.0. The van der Waals surface area contributed by atoms with Gasteiger partial charge in [-0.25, -0.2) is 4.79 Å². The molecule has 2 N–H and O–H groups in total. The monoisotopic (exact) mass is 433 g/mol. The molecule has 3 heterocycles. The third kappa shape index (κ3) is 2.80. The molecule has 0 aliphatic carbocycles. The largest absolute Gasteiger partial charge is 0.504 e. The maximum absolute atomic E-state index is 13.3. The summed E-state index contributed by atoms with van der Waals surface area (Å²) in [5.41, 5.74) is 3.71. The second kappa shape index (κ2) is 7.13. The minimum atomic E-state index is -0.630. The molecule has 0 saturated carbocycles. The average Bonchev–Trinajstić information content (AvgIpc) is 3.14. The van der Waals surface area contributed by atoms with E-state index in [0.29, 0.717) is 35.3 Å². The number of phenols is 2. The lowest BCUT2D eigenvalue weighted by molar-refractivity contribution is 0.0477. The predicted octanol–water partition coefficient (Wildman–Crippen LogP) is 2.54. The Kier molecular flexibility index (Phi) is 4.49. The number of hydrogen-bond acceptors (Lipinski definition) is 5. The maximum atomic E-state index is 13.3. The molecule has 4 aromatic rings. The molecular formula is C24H23N3O5. The molecule has 8 heteroatoms. The highest BCUT2D eigenvalue weighted by molar-refractivity contribution is 5.96. The number of benzene rings is 2. The molecule has 2 aromatic carbocycles. The van der Waals surface area contributed by atoms with E-state index in [2.05, 4.69) is 0 Å². The van der Waals surface area contributed by atoms with Crippen molar-refractivity contribution in [1.82, 2.24) is 13.7 Å². The Bertz CT molecular complexity index is 1490. The van der Waals surface area contributed by atoms with Gasteiger partial charge in [0.15, 0.2) is 11.5 Å². The van der Waals surface area contributed by atoms with Crippen LogP contribution in [0.25, 0.3) is 22.2 Å². The molecule has 8 nitrogen and oxygen atoms in total. The van der Waals surface area contributed by atoms with Gasteiger partial charge in [0.1, 0.15) is 6.10 Å². The molecular weight excluding hydrogens is 410 g/mol. The fourth-order valence-corrected chi connectivity index (χ4v) is 4.55. The molecule has 0 saturated heterocycles. The van der Waals surface area contributed by atoms with E-state index in [4.69, 9.17) is 4.74 Å². The van der Waals surface area contributed by atoms with E-state index in [-0.39, 0.29) is 17.1 Å². The van der Waals surface area contributed by atoms with Crippen molar-refractivity contribution in [2.75, 3.05) is 6.61 Å². The summed E-state index contributed by atoms with van der Waals surface area (Å²) in [5.74, 6) is -0.492. The fraction of sp³-hybridized carbons (Fsp3) is 0.250. The lowest BCUT2D eigenvalue weighted by Gasteiger charge is -2.28. The van der Waals surface area contributed by atoms with Crippen molar-refractivity contribution < 1.29 is 14.9 Å². The van der Waals surface area contributed by atoms with Gasteiger partial charge >= 0.3 is 5.69 Å². The Morgan fingerprint density at radius 2 is 1.69 bits per heavy atom. The lowest BCUT2D eigenvalue weighted by atomic mass is 10.0. The van der Waals surface area contributed by atoms with E-state index < -0.39 is 11.8 Å². The van der Waals surface area contributed by atoms with E-state index in [0.717, 1.165) is 21.4 Å². The number of nitrogens with zero attached hydrogens (tertiary/aromatic N) is 3. The highest BCUT2D eigenvalue weighted by Crippen LogP contribution is 2.41. The molecule has 32 heavy (non-hydrogen) atoms. The Hall–Kier alpha value is -3.78. The van der Waals surface area contributed by atoms with Crippen LogP contribution in [-0.4, -0.2) is 30.5 Å². The summed E-state index contributed by atoms with van der Waals surface area (Å²) in [6.07, 6.45) is -0.630. The van der Waals surface area contributed by atoms with Gasteiger partial charge < -0.3 is 19.5 Å². The molecule has 1 atom stereocenters. The summed E-state index contributed by atoms with van der Waals surface area (Å²) >= 11 is 0. The van der Waals surface area contributed by atoms with Crippen LogP contribution in [0.15, 0.2) is 52.1 Å². The Morgan fingerprint density at radius 3 is 2.38 bits per heavy atom. The average molecular weight is 433 g/mol. The Balaban J connectivity index is 1.93. The predicted molar refractivity (Wildman–Crippen MR) is 120 cm³/mol. The van der Waals surface area contributed by atoms with Crippen molar-refractivity contribution in [1.29, 1.82) is 0 Å². The topological polar surface area (TPSA) is 98.6 Å². The van der Waals surface area contributed by atoms with Gasteiger partial charge in [-0.15, -0.1) is 0 Å². The van der Waals surface area contributed by atoms with E-state index in [1.807, 2.05) is 35.8 Å². The van der Waals surface area contributed by atoms with Crippen LogP contribution in [0.3, 0.4) is 0 Å². The first-order chi connectivity index (χ1) is 15.3. The van der Waals surface area contributed by atoms with E-state index in [9.17, 15) is 19.8 Å². The van der Waals surface area contributed by atoms with Gasteiger partial charge in [-0.05, 0) is 30.2 Å². The molecule has 0 fully saturated rings. The van der Waals surface area contributed by atoms with Crippen molar-refractivity contribution in [3.05, 3.63) is 80.1 Å². The van der Waals surface area contributed by atoms with Crippen molar-refractivity contribution in [2.45, 2.75) is 19.6 Å². The van der Waals surface area contributed by atoms with Gasteiger partial charge in [0, 0.05) is 20.6 Å². The van der Waals surface area contributed by atoms with Gasteiger partial charge in [0.25, 0.3) is 5.56 Å². The lowest BCUT2D eigenvalue weighted by Crippen LogP contribution is -2.37. The molecule has 0 bridgehead atoms. The molecule has 2 aromatic heterocycles. The van der Waals surface area contributed by atoms with Crippen LogP contribution in [0.5, 0.6) is 11.5 Å².